The average molecular weight is 247 g/mol. The molecule has 0 atom stereocenters. The summed E-state index contributed by atoms with van der Waals surface area (Å²) in [6.07, 6.45) is 1.34. The molecule has 18 heavy (non-hydrogen) atoms. The molecule has 0 heterocycles. The van der Waals surface area contributed by atoms with Gasteiger partial charge in [-0.1, -0.05) is 0 Å². The molecule has 0 saturated heterocycles. The lowest BCUT2D eigenvalue weighted by Gasteiger charge is -2.31. The van der Waals surface area contributed by atoms with Crippen LogP contribution in [0.5, 0.6) is 0 Å². The highest BCUT2D eigenvalue weighted by Gasteiger charge is 2.26. The van der Waals surface area contributed by atoms with Crippen molar-refractivity contribution in [3.8, 4) is 6.07 Å². The van der Waals surface area contributed by atoms with Crippen molar-refractivity contribution in [3.63, 3.8) is 0 Å². The molecule has 2 N–H and O–H groups in total. The van der Waals surface area contributed by atoms with E-state index in [9.17, 15) is 10.1 Å². The van der Waals surface area contributed by atoms with Crippen LogP contribution < -0.4 is 5.32 Å². The Bertz CT molecular complexity index is 504. The van der Waals surface area contributed by atoms with E-state index < -0.39 is 4.92 Å². The summed E-state index contributed by atoms with van der Waals surface area (Å²) < 4.78 is 0. The maximum Gasteiger partial charge on any atom is 0.289 e. The molecule has 1 aromatic carbocycles. The maximum atomic E-state index is 10.8. The Morgan fingerprint density at radius 2 is 2.28 bits per heavy atom. The molecular formula is C12H13N3O3. The Morgan fingerprint density at radius 3 is 2.83 bits per heavy atom. The Kier molecular flexibility index (Phi) is 3.44. The zero-order valence-electron chi connectivity index (χ0n) is 9.67. The molecule has 1 saturated carbocycles. The molecule has 1 aliphatic rings. The molecule has 0 spiro atoms. The van der Waals surface area contributed by atoms with E-state index in [1.54, 1.807) is 12.1 Å². The topological polar surface area (TPSA) is 99.2 Å². The molecule has 0 amide bonds. The van der Waals surface area contributed by atoms with Crippen LogP contribution in [0.15, 0.2) is 18.2 Å². The summed E-state index contributed by atoms with van der Waals surface area (Å²) >= 11 is 0. The second-order valence-corrected chi connectivity index (χ2v) is 4.47. The van der Waals surface area contributed by atoms with E-state index in [2.05, 4.69) is 5.32 Å². The smallest absolute Gasteiger partial charge is 0.289 e. The Labute approximate surface area is 104 Å². The number of nitrogens with zero attached hydrogens (tertiary/aromatic N) is 2. The number of nitriles is 1. The monoisotopic (exact) mass is 247 g/mol. The van der Waals surface area contributed by atoms with Crippen LogP contribution in [0.2, 0.25) is 0 Å². The lowest BCUT2D eigenvalue weighted by atomic mass is 9.82. The summed E-state index contributed by atoms with van der Waals surface area (Å²) in [4.78, 5) is 10.2. The molecule has 1 aliphatic carbocycles. The lowest BCUT2D eigenvalue weighted by molar-refractivity contribution is -0.385. The molecule has 6 heteroatoms. The first-order valence-electron chi connectivity index (χ1n) is 5.70. The summed E-state index contributed by atoms with van der Waals surface area (Å²) in [5, 5.41) is 31.8. The van der Waals surface area contributed by atoms with Crippen LogP contribution in [0.25, 0.3) is 0 Å². The van der Waals surface area contributed by atoms with Crippen LogP contribution in [0.1, 0.15) is 18.4 Å². The number of hydrogen-bond donors (Lipinski definition) is 2. The number of rotatable bonds is 4. The van der Waals surface area contributed by atoms with E-state index in [4.69, 9.17) is 10.4 Å². The molecule has 0 aromatic heterocycles. The van der Waals surface area contributed by atoms with Crippen molar-refractivity contribution >= 4 is 11.4 Å². The highest BCUT2D eigenvalue weighted by Crippen LogP contribution is 2.28. The van der Waals surface area contributed by atoms with Crippen molar-refractivity contribution in [1.29, 1.82) is 5.26 Å². The molecule has 0 bridgehead atoms. The van der Waals surface area contributed by atoms with Crippen LogP contribution >= 0.6 is 0 Å². The minimum absolute atomic E-state index is 0.0598. The molecule has 0 radical (unpaired) electrons. The maximum absolute atomic E-state index is 10.8. The number of nitrogens with one attached hydrogen (secondary N) is 1. The van der Waals surface area contributed by atoms with Gasteiger partial charge in [0.25, 0.3) is 5.69 Å². The molecule has 1 aromatic rings. The predicted octanol–water partition coefficient (Wildman–Crippen LogP) is 1.65. The number of nitro groups is 1. The largest absolute Gasteiger partial charge is 0.393 e. The number of anilines is 1. The van der Waals surface area contributed by atoms with Crippen LogP contribution in [0.3, 0.4) is 0 Å². The van der Waals surface area contributed by atoms with Gasteiger partial charge in [-0.2, -0.15) is 5.26 Å². The molecule has 94 valence electrons. The van der Waals surface area contributed by atoms with Crippen LogP contribution in [0.4, 0.5) is 11.4 Å². The normalized spacial score (nSPS) is 21.8. The van der Waals surface area contributed by atoms with E-state index in [1.165, 1.54) is 12.1 Å². The molecule has 0 aliphatic heterocycles. The molecule has 0 unspecified atom stereocenters. The van der Waals surface area contributed by atoms with Gasteiger partial charge in [0.2, 0.25) is 0 Å². The zero-order valence-corrected chi connectivity index (χ0v) is 9.67. The summed E-state index contributed by atoms with van der Waals surface area (Å²) in [6.45, 7) is 0.681. The minimum atomic E-state index is -0.559. The van der Waals surface area contributed by atoms with E-state index in [1.807, 2.05) is 0 Å². The van der Waals surface area contributed by atoms with Gasteiger partial charge in [0, 0.05) is 18.3 Å². The first kappa shape index (κ1) is 12.3. The number of hydrogen-bond acceptors (Lipinski definition) is 5. The first-order valence-corrected chi connectivity index (χ1v) is 5.70. The standard InChI is InChI=1S/C12H13N3O3/c13-6-9-1-2-10(5-12(9)15(17)18)14-7-8-3-11(16)4-8/h1-2,5,8,11,14,16H,3-4,7H2. The quantitative estimate of drug-likeness (QED) is 0.622. The van der Waals surface area contributed by atoms with Gasteiger partial charge >= 0.3 is 0 Å². The SMILES string of the molecule is N#Cc1ccc(NCC2CC(O)C2)cc1[N+](=O)[O-]. The third kappa shape index (κ3) is 2.57. The van der Waals surface area contributed by atoms with Gasteiger partial charge in [0.05, 0.1) is 11.0 Å². The Balaban J connectivity index is 2.03. The highest BCUT2D eigenvalue weighted by molar-refractivity contribution is 5.59. The van der Waals surface area contributed by atoms with Crippen molar-refractivity contribution in [1.82, 2.24) is 0 Å². The van der Waals surface area contributed by atoms with Crippen molar-refractivity contribution in [2.45, 2.75) is 18.9 Å². The number of aliphatic hydroxyl groups excluding tert-OH is 1. The third-order valence-electron chi connectivity index (χ3n) is 3.12. The van der Waals surface area contributed by atoms with E-state index in [0.29, 0.717) is 18.2 Å². The summed E-state index contributed by atoms with van der Waals surface area (Å²) in [7, 11) is 0. The van der Waals surface area contributed by atoms with Crippen LogP contribution in [0, 0.1) is 27.4 Å². The van der Waals surface area contributed by atoms with E-state index in [-0.39, 0.29) is 17.4 Å². The molecule has 6 nitrogen and oxygen atoms in total. The van der Waals surface area contributed by atoms with Gasteiger partial charge in [-0.05, 0) is 30.9 Å². The predicted molar refractivity (Wildman–Crippen MR) is 65.0 cm³/mol. The van der Waals surface area contributed by atoms with Gasteiger partial charge in [0.15, 0.2) is 0 Å². The van der Waals surface area contributed by atoms with Crippen molar-refractivity contribution < 1.29 is 10.0 Å². The van der Waals surface area contributed by atoms with E-state index >= 15 is 0 Å². The van der Waals surface area contributed by atoms with Crippen LogP contribution in [-0.4, -0.2) is 22.7 Å². The highest BCUT2D eigenvalue weighted by atomic mass is 16.6. The number of benzene rings is 1. The summed E-state index contributed by atoms with van der Waals surface area (Å²) in [5.74, 6) is 0.412. The average Bonchev–Trinajstić information content (AvgIpc) is 2.32. The van der Waals surface area contributed by atoms with E-state index in [0.717, 1.165) is 12.8 Å². The zero-order chi connectivity index (χ0) is 13.1. The van der Waals surface area contributed by atoms with Crippen molar-refractivity contribution in [2.24, 2.45) is 5.92 Å². The van der Waals surface area contributed by atoms with Crippen molar-refractivity contribution in [3.05, 3.63) is 33.9 Å². The van der Waals surface area contributed by atoms with Gasteiger partial charge in [0.1, 0.15) is 11.6 Å². The fraction of sp³-hybridized carbons (Fsp3) is 0.417. The van der Waals surface area contributed by atoms with Crippen LogP contribution in [-0.2, 0) is 0 Å². The number of nitro benzene ring substituents is 1. The third-order valence-corrected chi connectivity index (χ3v) is 3.12. The fourth-order valence-electron chi connectivity index (χ4n) is 2.02. The van der Waals surface area contributed by atoms with Gasteiger partial charge in [-0.25, -0.2) is 0 Å². The fourth-order valence-corrected chi connectivity index (χ4v) is 2.02. The second-order valence-electron chi connectivity index (χ2n) is 4.47. The first-order chi connectivity index (χ1) is 8.60. The minimum Gasteiger partial charge on any atom is -0.393 e. The Hall–Kier alpha value is -2.13. The van der Waals surface area contributed by atoms with Gasteiger partial charge < -0.3 is 10.4 Å². The van der Waals surface area contributed by atoms with Gasteiger partial charge in [-0.3, -0.25) is 10.1 Å². The number of aliphatic hydroxyl groups is 1. The summed E-state index contributed by atoms with van der Waals surface area (Å²) in [6, 6.07) is 6.26. The molecule has 1 fully saturated rings. The lowest BCUT2D eigenvalue weighted by Crippen LogP contribution is -2.33. The second kappa shape index (κ2) is 5.02. The van der Waals surface area contributed by atoms with Crippen molar-refractivity contribution in [2.75, 3.05) is 11.9 Å². The molecular weight excluding hydrogens is 234 g/mol. The summed E-state index contributed by atoms with van der Waals surface area (Å²) in [5.41, 5.74) is 0.503. The molecule has 2 rings (SSSR count). The van der Waals surface area contributed by atoms with Gasteiger partial charge in [-0.15, -0.1) is 0 Å². The Morgan fingerprint density at radius 1 is 1.56 bits per heavy atom.